The van der Waals surface area contributed by atoms with Crippen LogP contribution in [-0.4, -0.2) is 41.5 Å². The van der Waals surface area contributed by atoms with Crippen molar-refractivity contribution in [1.82, 2.24) is 14.9 Å². The Labute approximate surface area is 128 Å². The molecule has 6 heteroatoms. The summed E-state index contributed by atoms with van der Waals surface area (Å²) in [5.41, 5.74) is 2.54. The largest absolute Gasteiger partial charge is 0.497 e. The maximum atomic E-state index is 12.8. The van der Waals surface area contributed by atoms with Crippen molar-refractivity contribution in [2.75, 3.05) is 20.8 Å². The maximum Gasteiger partial charge on any atom is 0.257 e. The van der Waals surface area contributed by atoms with Crippen molar-refractivity contribution in [2.24, 2.45) is 0 Å². The first-order valence-electron chi connectivity index (χ1n) is 7.02. The van der Waals surface area contributed by atoms with Gasteiger partial charge in [0.2, 0.25) is 0 Å². The minimum atomic E-state index is -0.0611. The van der Waals surface area contributed by atoms with E-state index in [0.29, 0.717) is 30.2 Å². The zero-order valence-electron chi connectivity index (χ0n) is 12.6. The standard InChI is InChI=1S/C16H17N3O3/c1-21-12-3-4-13(15(7-12)22-2)16(20)19-6-5-14-11(9-19)8-17-10-18-14/h3-4,7-8,10H,5-6,9H2,1-2H3. The Balaban J connectivity index is 1.86. The number of rotatable bonds is 3. The molecule has 3 rings (SSSR count). The summed E-state index contributed by atoms with van der Waals surface area (Å²) in [6, 6.07) is 5.21. The van der Waals surface area contributed by atoms with Gasteiger partial charge in [0, 0.05) is 37.3 Å². The molecule has 1 amide bonds. The van der Waals surface area contributed by atoms with Crippen LogP contribution in [0.4, 0.5) is 0 Å². The first-order chi connectivity index (χ1) is 10.7. The van der Waals surface area contributed by atoms with Crippen molar-refractivity contribution in [3.8, 4) is 11.5 Å². The van der Waals surface area contributed by atoms with E-state index < -0.39 is 0 Å². The smallest absolute Gasteiger partial charge is 0.257 e. The van der Waals surface area contributed by atoms with Crippen LogP contribution in [0.25, 0.3) is 0 Å². The molecule has 0 unspecified atom stereocenters. The number of nitrogens with zero attached hydrogens (tertiary/aromatic N) is 3. The van der Waals surface area contributed by atoms with Crippen LogP contribution in [0.2, 0.25) is 0 Å². The van der Waals surface area contributed by atoms with Gasteiger partial charge < -0.3 is 14.4 Å². The molecule has 2 heterocycles. The zero-order valence-corrected chi connectivity index (χ0v) is 12.6. The summed E-state index contributed by atoms with van der Waals surface area (Å²) in [6.45, 7) is 1.15. The van der Waals surface area contributed by atoms with E-state index in [2.05, 4.69) is 9.97 Å². The number of hydrogen-bond donors (Lipinski definition) is 0. The molecule has 0 saturated carbocycles. The Morgan fingerprint density at radius 1 is 1.27 bits per heavy atom. The first-order valence-corrected chi connectivity index (χ1v) is 7.02. The number of hydrogen-bond acceptors (Lipinski definition) is 5. The van der Waals surface area contributed by atoms with Crippen LogP contribution < -0.4 is 9.47 Å². The molecule has 0 spiro atoms. The lowest BCUT2D eigenvalue weighted by Gasteiger charge is -2.28. The fourth-order valence-corrected chi connectivity index (χ4v) is 2.59. The van der Waals surface area contributed by atoms with Crippen LogP contribution in [-0.2, 0) is 13.0 Å². The minimum Gasteiger partial charge on any atom is -0.497 e. The Morgan fingerprint density at radius 2 is 2.14 bits per heavy atom. The molecule has 0 atom stereocenters. The van der Waals surface area contributed by atoms with E-state index in [1.165, 1.54) is 0 Å². The summed E-state index contributed by atoms with van der Waals surface area (Å²) in [6.07, 6.45) is 4.05. The molecule has 0 aliphatic carbocycles. The number of carbonyl (C=O) groups excluding carboxylic acids is 1. The van der Waals surface area contributed by atoms with E-state index in [4.69, 9.17) is 9.47 Å². The van der Waals surface area contributed by atoms with Crippen molar-refractivity contribution < 1.29 is 14.3 Å². The van der Waals surface area contributed by atoms with E-state index in [1.807, 2.05) is 0 Å². The van der Waals surface area contributed by atoms with Crippen LogP contribution in [0.1, 0.15) is 21.6 Å². The molecule has 0 N–H and O–H groups in total. The zero-order chi connectivity index (χ0) is 15.5. The molecule has 0 saturated heterocycles. The van der Waals surface area contributed by atoms with Gasteiger partial charge in [-0.05, 0) is 12.1 Å². The van der Waals surface area contributed by atoms with Gasteiger partial charge in [0.05, 0.1) is 25.5 Å². The number of benzene rings is 1. The molecule has 6 nitrogen and oxygen atoms in total. The predicted molar refractivity (Wildman–Crippen MR) is 80.0 cm³/mol. The Bertz CT molecular complexity index is 703. The van der Waals surface area contributed by atoms with Crippen molar-refractivity contribution in [1.29, 1.82) is 0 Å². The van der Waals surface area contributed by atoms with Gasteiger partial charge in [-0.25, -0.2) is 9.97 Å². The molecule has 22 heavy (non-hydrogen) atoms. The number of amides is 1. The Morgan fingerprint density at radius 3 is 2.91 bits per heavy atom. The molecule has 2 aromatic rings. The number of fused-ring (bicyclic) bond motifs is 1. The molecule has 114 valence electrons. The average Bonchev–Trinajstić information content (AvgIpc) is 2.60. The number of carbonyl (C=O) groups is 1. The molecule has 0 fully saturated rings. The minimum absolute atomic E-state index is 0.0611. The second-order valence-corrected chi connectivity index (χ2v) is 5.04. The van der Waals surface area contributed by atoms with Crippen molar-refractivity contribution in [3.05, 3.63) is 47.5 Å². The molecular formula is C16H17N3O3. The van der Waals surface area contributed by atoms with Gasteiger partial charge in [-0.15, -0.1) is 0 Å². The quantitative estimate of drug-likeness (QED) is 0.863. The molecule has 1 aromatic carbocycles. The van der Waals surface area contributed by atoms with E-state index >= 15 is 0 Å². The van der Waals surface area contributed by atoms with Gasteiger partial charge in [0.15, 0.2) is 0 Å². The molecule has 1 aliphatic heterocycles. The van der Waals surface area contributed by atoms with Crippen LogP contribution >= 0.6 is 0 Å². The van der Waals surface area contributed by atoms with Crippen LogP contribution in [0.5, 0.6) is 11.5 Å². The highest BCUT2D eigenvalue weighted by atomic mass is 16.5. The summed E-state index contributed by atoms with van der Waals surface area (Å²) >= 11 is 0. The molecule has 1 aromatic heterocycles. The molecule has 0 radical (unpaired) electrons. The summed E-state index contributed by atoms with van der Waals surface area (Å²) in [7, 11) is 3.13. The highest BCUT2D eigenvalue weighted by Crippen LogP contribution is 2.27. The lowest BCUT2D eigenvalue weighted by molar-refractivity contribution is 0.0730. The van der Waals surface area contributed by atoms with Crippen LogP contribution in [0.15, 0.2) is 30.7 Å². The average molecular weight is 299 g/mol. The second-order valence-electron chi connectivity index (χ2n) is 5.04. The molecule has 0 bridgehead atoms. The monoisotopic (exact) mass is 299 g/mol. The normalized spacial score (nSPS) is 13.5. The predicted octanol–water partition coefficient (Wildman–Crippen LogP) is 1.69. The summed E-state index contributed by atoms with van der Waals surface area (Å²) in [5, 5.41) is 0. The van der Waals surface area contributed by atoms with E-state index in [9.17, 15) is 4.79 Å². The lowest BCUT2D eigenvalue weighted by atomic mass is 10.1. The third kappa shape index (κ3) is 2.59. The summed E-state index contributed by atoms with van der Waals surface area (Å²) in [4.78, 5) is 22.8. The molecule has 1 aliphatic rings. The first kappa shape index (κ1) is 14.3. The fraction of sp³-hybridized carbons (Fsp3) is 0.312. The van der Waals surface area contributed by atoms with Crippen molar-refractivity contribution >= 4 is 5.91 Å². The maximum absolute atomic E-state index is 12.8. The highest BCUT2D eigenvalue weighted by molar-refractivity contribution is 5.97. The topological polar surface area (TPSA) is 64.5 Å². The third-order valence-corrected chi connectivity index (χ3v) is 3.79. The summed E-state index contributed by atoms with van der Waals surface area (Å²) < 4.78 is 10.5. The Hall–Kier alpha value is -2.63. The Kier molecular flexibility index (Phi) is 3.91. The third-order valence-electron chi connectivity index (χ3n) is 3.79. The van der Waals surface area contributed by atoms with E-state index in [0.717, 1.165) is 17.7 Å². The number of ether oxygens (including phenoxy) is 2. The molecular weight excluding hydrogens is 282 g/mol. The SMILES string of the molecule is COc1ccc(C(=O)N2CCc3ncncc3C2)c(OC)c1. The number of methoxy groups -OCH3 is 2. The van der Waals surface area contributed by atoms with Crippen LogP contribution in [0.3, 0.4) is 0 Å². The van der Waals surface area contributed by atoms with Gasteiger partial charge in [-0.1, -0.05) is 0 Å². The number of aromatic nitrogens is 2. The van der Waals surface area contributed by atoms with Gasteiger partial charge in [-0.2, -0.15) is 0 Å². The summed E-state index contributed by atoms with van der Waals surface area (Å²) in [5.74, 6) is 1.11. The van der Waals surface area contributed by atoms with Gasteiger partial charge >= 0.3 is 0 Å². The van der Waals surface area contributed by atoms with Crippen molar-refractivity contribution in [3.63, 3.8) is 0 Å². The van der Waals surface area contributed by atoms with E-state index in [-0.39, 0.29) is 5.91 Å². The fourth-order valence-electron chi connectivity index (χ4n) is 2.59. The van der Waals surface area contributed by atoms with Gasteiger partial charge in [-0.3, -0.25) is 4.79 Å². The van der Waals surface area contributed by atoms with E-state index in [1.54, 1.807) is 49.8 Å². The van der Waals surface area contributed by atoms with Crippen molar-refractivity contribution in [2.45, 2.75) is 13.0 Å². The highest BCUT2D eigenvalue weighted by Gasteiger charge is 2.24. The van der Waals surface area contributed by atoms with Gasteiger partial charge in [0.25, 0.3) is 5.91 Å². The van der Waals surface area contributed by atoms with Gasteiger partial charge in [0.1, 0.15) is 17.8 Å². The lowest BCUT2D eigenvalue weighted by Crippen LogP contribution is -2.36. The van der Waals surface area contributed by atoms with Crippen LogP contribution in [0, 0.1) is 0 Å². The second kappa shape index (κ2) is 6.01.